The van der Waals surface area contributed by atoms with Crippen LogP contribution in [0, 0.1) is 0 Å². The van der Waals surface area contributed by atoms with Crippen molar-refractivity contribution in [1.29, 1.82) is 0 Å². The molecule has 1 heterocycles. The molecule has 0 amide bonds. The largest absolute Gasteiger partial charge is 0.489 e. The van der Waals surface area contributed by atoms with Crippen LogP contribution in [0.1, 0.15) is 22.5 Å². The standard InChI is InChI=1S/C31H28N4O/c32-26-15-10-24(11-16-26)20-21-33-31-28-8-4-5-9-29(28)34-30(35-31)19-14-23-12-17-27(18-13-23)36-22-25-6-2-1-3-7-25/h1-19H,20-22,32H2,(H,33,34,35)/b19-14+. The smallest absolute Gasteiger partial charge is 0.154 e. The molecule has 3 N–H and O–H groups in total. The van der Waals surface area contributed by atoms with E-state index in [-0.39, 0.29) is 0 Å². The summed E-state index contributed by atoms with van der Waals surface area (Å²) in [5, 5.41) is 4.50. The van der Waals surface area contributed by atoms with Crippen molar-refractivity contribution in [2.24, 2.45) is 0 Å². The fourth-order valence-electron chi connectivity index (χ4n) is 3.90. The summed E-state index contributed by atoms with van der Waals surface area (Å²) in [6.45, 7) is 1.31. The van der Waals surface area contributed by atoms with Crippen molar-refractivity contribution in [3.05, 3.63) is 126 Å². The van der Waals surface area contributed by atoms with E-state index in [1.165, 1.54) is 5.56 Å². The van der Waals surface area contributed by atoms with E-state index < -0.39 is 0 Å². The monoisotopic (exact) mass is 472 g/mol. The summed E-state index contributed by atoms with van der Waals surface area (Å²) in [4.78, 5) is 9.52. The molecule has 5 nitrogen and oxygen atoms in total. The molecule has 0 radical (unpaired) electrons. The Kier molecular flexibility index (Phi) is 7.19. The predicted molar refractivity (Wildman–Crippen MR) is 149 cm³/mol. The third-order valence-corrected chi connectivity index (χ3v) is 5.86. The van der Waals surface area contributed by atoms with Crippen LogP contribution in [-0.2, 0) is 13.0 Å². The summed E-state index contributed by atoms with van der Waals surface area (Å²) in [5.41, 5.74) is 10.9. The number of anilines is 2. The number of nitrogen functional groups attached to an aromatic ring is 1. The predicted octanol–water partition coefficient (Wildman–Crippen LogP) is 6.62. The van der Waals surface area contributed by atoms with E-state index in [1.54, 1.807) is 0 Å². The number of para-hydroxylation sites is 1. The molecule has 5 rings (SSSR count). The van der Waals surface area contributed by atoms with Gasteiger partial charge in [0.25, 0.3) is 0 Å². The average molecular weight is 473 g/mol. The number of ether oxygens (including phenoxy) is 1. The van der Waals surface area contributed by atoms with Crippen LogP contribution in [0.15, 0.2) is 103 Å². The lowest BCUT2D eigenvalue weighted by molar-refractivity contribution is 0.306. The molecule has 0 bridgehead atoms. The number of hydrogen-bond donors (Lipinski definition) is 2. The van der Waals surface area contributed by atoms with Crippen molar-refractivity contribution in [1.82, 2.24) is 9.97 Å². The highest BCUT2D eigenvalue weighted by Crippen LogP contribution is 2.22. The Hall–Kier alpha value is -4.64. The third kappa shape index (κ3) is 6.07. The molecular weight excluding hydrogens is 444 g/mol. The van der Waals surface area contributed by atoms with Crippen LogP contribution >= 0.6 is 0 Å². The molecule has 0 unspecified atom stereocenters. The van der Waals surface area contributed by atoms with Gasteiger partial charge in [0, 0.05) is 17.6 Å². The second-order valence-corrected chi connectivity index (χ2v) is 8.54. The van der Waals surface area contributed by atoms with Crippen molar-refractivity contribution >= 4 is 34.6 Å². The van der Waals surface area contributed by atoms with Gasteiger partial charge in [-0.15, -0.1) is 0 Å². The number of hydrogen-bond acceptors (Lipinski definition) is 5. The van der Waals surface area contributed by atoms with Gasteiger partial charge in [0.05, 0.1) is 5.52 Å². The van der Waals surface area contributed by atoms with Crippen LogP contribution in [0.3, 0.4) is 0 Å². The van der Waals surface area contributed by atoms with Gasteiger partial charge >= 0.3 is 0 Å². The number of nitrogens with two attached hydrogens (primary N) is 1. The van der Waals surface area contributed by atoms with Crippen LogP contribution in [0.2, 0.25) is 0 Å². The third-order valence-electron chi connectivity index (χ3n) is 5.86. The van der Waals surface area contributed by atoms with Gasteiger partial charge in [0.15, 0.2) is 5.82 Å². The first-order chi connectivity index (χ1) is 17.7. The van der Waals surface area contributed by atoms with E-state index in [1.807, 2.05) is 91.0 Å². The first kappa shape index (κ1) is 23.1. The normalized spacial score (nSPS) is 11.1. The van der Waals surface area contributed by atoms with Crippen LogP contribution < -0.4 is 15.8 Å². The molecule has 0 atom stereocenters. The Morgan fingerprint density at radius 3 is 2.28 bits per heavy atom. The lowest BCUT2D eigenvalue weighted by Crippen LogP contribution is -2.08. The van der Waals surface area contributed by atoms with Crippen LogP contribution in [0.4, 0.5) is 11.5 Å². The Balaban J connectivity index is 1.26. The lowest BCUT2D eigenvalue weighted by Gasteiger charge is -2.10. The summed E-state index contributed by atoms with van der Waals surface area (Å²) < 4.78 is 5.89. The minimum absolute atomic E-state index is 0.551. The highest BCUT2D eigenvalue weighted by Gasteiger charge is 2.06. The zero-order valence-electron chi connectivity index (χ0n) is 20.0. The minimum atomic E-state index is 0.551. The molecule has 0 aliphatic heterocycles. The highest BCUT2D eigenvalue weighted by atomic mass is 16.5. The fraction of sp³-hybridized carbons (Fsp3) is 0.0968. The fourth-order valence-corrected chi connectivity index (χ4v) is 3.90. The second-order valence-electron chi connectivity index (χ2n) is 8.54. The Morgan fingerprint density at radius 1 is 0.722 bits per heavy atom. The van der Waals surface area contributed by atoms with E-state index in [2.05, 4.69) is 29.6 Å². The lowest BCUT2D eigenvalue weighted by atomic mass is 10.1. The van der Waals surface area contributed by atoms with Crippen LogP contribution in [0.5, 0.6) is 5.75 Å². The molecule has 0 saturated heterocycles. The average Bonchev–Trinajstić information content (AvgIpc) is 2.93. The molecule has 1 aromatic heterocycles. The molecule has 36 heavy (non-hydrogen) atoms. The maximum Gasteiger partial charge on any atom is 0.154 e. The van der Waals surface area contributed by atoms with Crippen molar-refractivity contribution in [2.45, 2.75) is 13.0 Å². The van der Waals surface area contributed by atoms with E-state index in [4.69, 9.17) is 20.4 Å². The molecule has 5 heteroatoms. The number of nitrogens with one attached hydrogen (secondary N) is 1. The molecule has 0 saturated carbocycles. The first-order valence-electron chi connectivity index (χ1n) is 12.0. The second kappa shape index (κ2) is 11.2. The van der Waals surface area contributed by atoms with Gasteiger partial charge in [0.2, 0.25) is 0 Å². The minimum Gasteiger partial charge on any atom is -0.489 e. The number of aromatic nitrogens is 2. The topological polar surface area (TPSA) is 73.1 Å². The van der Waals surface area contributed by atoms with Gasteiger partial charge in [-0.05, 0) is 65.6 Å². The quantitative estimate of drug-likeness (QED) is 0.236. The van der Waals surface area contributed by atoms with Gasteiger partial charge in [-0.25, -0.2) is 9.97 Å². The van der Waals surface area contributed by atoms with E-state index in [9.17, 15) is 0 Å². The molecule has 5 aromatic rings. The Morgan fingerprint density at radius 2 is 1.47 bits per heavy atom. The molecule has 4 aromatic carbocycles. The maximum absolute atomic E-state index is 5.89. The van der Waals surface area contributed by atoms with Crippen molar-refractivity contribution in [3.63, 3.8) is 0 Å². The number of benzene rings is 4. The van der Waals surface area contributed by atoms with Crippen LogP contribution in [-0.4, -0.2) is 16.5 Å². The van der Waals surface area contributed by atoms with Gasteiger partial charge < -0.3 is 15.8 Å². The van der Waals surface area contributed by atoms with Gasteiger partial charge in [0.1, 0.15) is 18.2 Å². The van der Waals surface area contributed by atoms with Crippen molar-refractivity contribution in [3.8, 4) is 5.75 Å². The zero-order chi connectivity index (χ0) is 24.6. The molecule has 0 aliphatic rings. The Bertz CT molecular complexity index is 1450. The number of rotatable bonds is 9. The van der Waals surface area contributed by atoms with Gasteiger partial charge in [-0.2, -0.15) is 0 Å². The summed E-state index contributed by atoms with van der Waals surface area (Å²) in [5.74, 6) is 2.33. The summed E-state index contributed by atoms with van der Waals surface area (Å²) in [6.07, 6.45) is 4.84. The maximum atomic E-state index is 5.89. The summed E-state index contributed by atoms with van der Waals surface area (Å²) in [7, 11) is 0. The number of fused-ring (bicyclic) bond motifs is 1. The molecular formula is C31H28N4O. The van der Waals surface area contributed by atoms with E-state index >= 15 is 0 Å². The SMILES string of the molecule is Nc1ccc(CCNc2nc(/C=C/c3ccc(OCc4ccccc4)cc3)nc3ccccc23)cc1. The van der Waals surface area contributed by atoms with Gasteiger partial charge in [-0.3, -0.25) is 0 Å². The zero-order valence-corrected chi connectivity index (χ0v) is 20.0. The summed E-state index contributed by atoms with van der Waals surface area (Å²) >= 11 is 0. The van der Waals surface area contributed by atoms with Crippen molar-refractivity contribution in [2.75, 3.05) is 17.6 Å². The van der Waals surface area contributed by atoms with Crippen molar-refractivity contribution < 1.29 is 4.74 Å². The molecule has 0 aliphatic carbocycles. The van der Waals surface area contributed by atoms with E-state index in [0.29, 0.717) is 12.4 Å². The molecule has 0 spiro atoms. The number of nitrogens with zero attached hydrogens (tertiary/aromatic N) is 2. The van der Waals surface area contributed by atoms with Crippen LogP contribution in [0.25, 0.3) is 23.1 Å². The van der Waals surface area contributed by atoms with Gasteiger partial charge in [-0.1, -0.05) is 72.8 Å². The Labute approximate surface area is 211 Å². The van der Waals surface area contributed by atoms with E-state index in [0.717, 1.165) is 52.3 Å². The molecule has 178 valence electrons. The summed E-state index contributed by atoms with van der Waals surface area (Å²) in [6, 6.07) is 34.2. The molecule has 0 fully saturated rings. The first-order valence-corrected chi connectivity index (χ1v) is 12.0. The highest BCUT2D eigenvalue weighted by molar-refractivity contribution is 5.90.